The smallest absolute Gasteiger partial charge is 0.406 e. The van der Waals surface area contributed by atoms with E-state index in [9.17, 15) is 13.2 Å². The number of halogens is 3. The van der Waals surface area contributed by atoms with E-state index in [1.807, 2.05) is 24.2 Å². The zero-order valence-corrected chi connectivity index (χ0v) is 15.8. The first kappa shape index (κ1) is 19.6. The molecule has 0 radical (unpaired) electrons. The molecule has 0 aliphatic carbocycles. The fourth-order valence-electron chi connectivity index (χ4n) is 2.83. The Labute approximate surface area is 170 Å². The van der Waals surface area contributed by atoms with Gasteiger partial charge >= 0.3 is 6.36 Å². The monoisotopic (exact) mass is 414 g/mol. The molecule has 0 saturated carbocycles. The summed E-state index contributed by atoms with van der Waals surface area (Å²) in [5, 5.41) is 5.79. The van der Waals surface area contributed by atoms with Crippen LogP contribution in [-0.4, -0.2) is 21.5 Å². The number of hydrazine groups is 1. The third kappa shape index (κ3) is 4.80. The number of alkyl halides is 3. The van der Waals surface area contributed by atoms with Crippen molar-refractivity contribution >= 4 is 5.70 Å². The normalized spacial score (nSPS) is 13.7. The average molecular weight is 414 g/mol. The second kappa shape index (κ2) is 7.94. The molecule has 6 nitrogen and oxygen atoms in total. The van der Waals surface area contributed by atoms with E-state index >= 15 is 0 Å². The number of benzene rings is 2. The number of nitrogens with one attached hydrogen (secondary N) is 1. The molecule has 3 aromatic rings. The van der Waals surface area contributed by atoms with E-state index in [0.29, 0.717) is 17.8 Å². The summed E-state index contributed by atoms with van der Waals surface area (Å²) in [6, 6.07) is 13.5. The van der Waals surface area contributed by atoms with E-state index in [1.165, 1.54) is 29.8 Å². The van der Waals surface area contributed by atoms with Crippen molar-refractivity contribution < 1.29 is 22.4 Å². The zero-order valence-electron chi connectivity index (χ0n) is 15.8. The van der Waals surface area contributed by atoms with E-state index < -0.39 is 6.36 Å². The van der Waals surface area contributed by atoms with Crippen LogP contribution in [-0.2, 0) is 6.54 Å². The Bertz CT molecular complexity index is 1070. The van der Waals surface area contributed by atoms with E-state index in [4.69, 9.17) is 4.52 Å². The first-order valence-electron chi connectivity index (χ1n) is 9.03. The molecule has 9 heteroatoms. The van der Waals surface area contributed by atoms with Crippen molar-refractivity contribution in [1.29, 1.82) is 0 Å². The quantitative estimate of drug-likeness (QED) is 0.646. The second-order valence-corrected chi connectivity index (χ2v) is 6.64. The fourth-order valence-corrected chi connectivity index (χ4v) is 2.83. The van der Waals surface area contributed by atoms with Crippen LogP contribution in [0.1, 0.15) is 17.0 Å². The van der Waals surface area contributed by atoms with Gasteiger partial charge in [0, 0.05) is 11.8 Å². The van der Waals surface area contributed by atoms with Crippen LogP contribution >= 0.6 is 0 Å². The van der Waals surface area contributed by atoms with Crippen molar-refractivity contribution in [3.63, 3.8) is 0 Å². The van der Waals surface area contributed by atoms with Gasteiger partial charge < -0.3 is 9.26 Å². The molecule has 2 heterocycles. The third-order valence-corrected chi connectivity index (χ3v) is 4.27. The molecule has 1 N–H and O–H groups in total. The highest BCUT2D eigenvalue weighted by atomic mass is 19.4. The maximum absolute atomic E-state index is 12.3. The van der Waals surface area contributed by atoms with Crippen molar-refractivity contribution in [2.24, 2.45) is 0 Å². The second-order valence-electron chi connectivity index (χ2n) is 6.64. The number of allylic oxidation sites excluding steroid dienone is 2. The first-order chi connectivity index (χ1) is 14.4. The lowest BCUT2D eigenvalue weighted by molar-refractivity contribution is -0.274. The van der Waals surface area contributed by atoms with E-state index in [0.717, 1.165) is 5.56 Å². The standard InChI is InChI=1S/C21H17F3N4O2/c1-14-4-6-15(7-5-14)13-28-12-2-3-18(26-28)20-25-19(27-30-20)16-8-10-17(11-9-16)29-21(22,23)24/h2-12,26H,13H2,1H3. The SMILES string of the molecule is Cc1ccc(CN2C=CC=C(c3nc(-c4ccc(OC(F)(F)F)cc4)no3)N2)cc1. The summed E-state index contributed by atoms with van der Waals surface area (Å²) in [5.41, 5.74) is 6.64. The molecule has 154 valence electrons. The van der Waals surface area contributed by atoms with Gasteiger partial charge in [0.05, 0.1) is 6.54 Å². The lowest BCUT2D eigenvalue weighted by atomic mass is 10.1. The summed E-state index contributed by atoms with van der Waals surface area (Å²) in [5.74, 6) is 0.202. The van der Waals surface area contributed by atoms with E-state index in [1.54, 1.807) is 6.08 Å². The molecule has 0 bridgehead atoms. The molecular formula is C21H17F3N4O2. The number of aromatic nitrogens is 2. The molecule has 30 heavy (non-hydrogen) atoms. The summed E-state index contributed by atoms with van der Waals surface area (Å²) >= 11 is 0. The molecule has 0 fully saturated rings. The van der Waals surface area contributed by atoms with Crippen LogP contribution in [0.3, 0.4) is 0 Å². The topological polar surface area (TPSA) is 63.4 Å². The van der Waals surface area contributed by atoms with Crippen LogP contribution in [0, 0.1) is 6.92 Å². The summed E-state index contributed by atoms with van der Waals surface area (Å²) in [4.78, 5) is 4.33. The minimum Gasteiger partial charge on any atom is -0.406 e. The van der Waals surface area contributed by atoms with Gasteiger partial charge in [0.2, 0.25) is 5.82 Å². The Morgan fingerprint density at radius 1 is 1.07 bits per heavy atom. The molecule has 0 saturated heterocycles. The van der Waals surface area contributed by atoms with Crippen molar-refractivity contribution in [1.82, 2.24) is 20.6 Å². The average Bonchev–Trinajstić information content (AvgIpc) is 3.20. The third-order valence-electron chi connectivity index (χ3n) is 4.27. The van der Waals surface area contributed by atoms with Gasteiger partial charge in [-0.15, -0.1) is 13.2 Å². The minimum absolute atomic E-state index is 0.255. The van der Waals surface area contributed by atoms with E-state index in [-0.39, 0.29) is 17.5 Å². The Kier molecular flexibility index (Phi) is 5.18. The zero-order chi connectivity index (χ0) is 21.1. The largest absolute Gasteiger partial charge is 0.573 e. The van der Waals surface area contributed by atoms with Crippen LogP contribution in [0.5, 0.6) is 5.75 Å². The predicted octanol–water partition coefficient (Wildman–Crippen LogP) is 4.82. The highest BCUT2D eigenvalue weighted by Gasteiger charge is 2.31. The van der Waals surface area contributed by atoms with Gasteiger partial charge in [-0.05, 0) is 48.9 Å². The van der Waals surface area contributed by atoms with Crippen molar-refractivity contribution in [3.8, 4) is 17.1 Å². The Hall–Kier alpha value is -3.75. The maximum atomic E-state index is 12.3. The number of hydrogen-bond acceptors (Lipinski definition) is 6. The Morgan fingerprint density at radius 3 is 2.50 bits per heavy atom. The number of rotatable bonds is 5. The minimum atomic E-state index is -4.74. The van der Waals surface area contributed by atoms with Gasteiger partial charge in [-0.3, -0.25) is 10.4 Å². The van der Waals surface area contributed by atoms with Gasteiger partial charge in [-0.25, -0.2) is 0 Å². The van der Waals surface area contributed by atoms with Crippen LogP contribution in [0.2, 0.25) is 0 Å². The van der Waals surface area contributed by atoms with Crippen LogP contribution in [0.4, 0.5) is 13.2 Å². The highest BCUT2D eigenvalue weighted by molar-refractivity contribution is 5.62. The van der Waals surface area contributed by atoms with Gasteiger partial charge in [-0.2, -0.15) is 4.98 Å². The predicted molar refractivity (Wildman–Crippen MR) is 103 cm³/mol. The number of hydrogen-bond donors (Lipinski definition) is 1. The molecule has 0 unspecified atom stereocenters. The van der Waals surface area contributed by atoms with Crippen molar-refractivity contribution in [2.75, 3.05) is 0 Å². The Morgan fingerprint density at radius 2 is 1.80 bits per heavy atom. The molecule has 1 aliphatic heterocycles. The molecular weight excluding hydrogens is 397 g/mol. The molecule has 1 aromatic heterocycles. The maximum Gasteiger partial charge on any atom is 0.573 e. The number of ether oxygens (including phenoxy) is 1. The van der Waals surface area contributed by atoms with Gasteiger partial charge in [0.15, 0.2) is 0 Å². The molecule has 0 atom stereocenters. The summed E-state index contributed by atoms with van der Waals surface area (Å²) in [6.07, 6.45) is 0.800. The first-order valence-corrected chi connectivity index (χ1v) is 9.03. The lowest BCUT2D eigenvalue weighted by Gasteiger charge is -2.25. The molecule has 4 rings (SSSR count). The van der Waals surface area contributed by atoms with Crippen LogP contribution in [0.15, 0.2) is 71.4 Å². The molecule has 0 amide bonds. The van der Waals surface area contributed by atoms with Crippen molar-refractivity contribution in [2.45, 2.75) is 19.8 Å². The fraction of sp³-hybridized carbons (Fsp3) is 0.143. The summed E-state index contributed by atoms with van der Waals surface area (Å²) in [6.45, 7) is 2.67. The van der Waals surface area contributed by atoms with E-state index in [2.05, 4.69) is 44.6 Å². The van der Waals surface area contributed by atoms with Gasteiger partial charge in [-0.1, -0.05) is 35.0 Å². The van der Waals surface area contributed by atoms with Crippen LogP contribution in [0.25, 0.3) is 17.1 Å². The molecule has 2 aromatic carbocycles. The lowest BCUT2D eigenvalue weighted by Crippen LogP contribution is -2.33. The summed E-state index contributed by atoms with van der Waals surface area (Å²) in [7, 11) is 0. The van der Waals surface area contributed by atoms with Crippen LogP contribution < -0.4 is 10.2 Å². The number of nitrogens with zero attached hydrogens (tertiary/aromatic N) is 3. The number of aryl methyl sites for hydroxylation is 1. The Balaban J connectivity index is 1.44. The highest BCUT2D eigenvalue weighted by Crippen LogP contribution is 2.26. The summed E-state index contributed by atoms with van der Waals surface area (Å²) < 4.78 is 46.0. The van der Waals surface area contributed by atoms with Crippen molar-refractivity contribution in [3.05, 3.63) is 83.9 Å². The molecule has 1 aliphatic rings. The van der Waals surface area contributed by atoms with Gasteiger partial charge in [0.25, 0.3) is 5.89 Å². The molecule has 0 spiro atoms. The van der Waals surface area contributed by atoms with Gasteiger partial charge in [0.1, 0.15) is 11.4 Å².